The van der Waals surface area contributed by atoms with Gasteiger partial charge in [-0.1, -0.05) is 35.8 Å². The largest absolute Gasteiger partial charge is 0.464 e. The molecular formula is C10H11BrO. The lowest BCUT2D eigenvalue weighted by Crippen LogP contribution is -1.63. The van der Waals surface area contributed by atoms with Crippen LogP contribution in [0.3, 0.4) is 0 Å². The van der Waals surface area contributed by atoms with Crippen LogP contribution in [0.5, 0.6) is 0 Å². The van der Waals surface area contributed by atoms with Gasteiger partial charge in [-0.25, -0.2) is 0 Å². The molecule has 0 radical (unpaired) electrons. The van der Waals surface area contributed by atoms with Gasteiger partial charge < -0.3 is 4.42 Å². The Morgan fingerprint density at radius 1 is 1.17 bits per heavy atom. The van der Waals surface area contributed by atoms with Crippen molar-refractivity contribution in [2.75, 3.05) is 0 Å². The molecule has 0 aliphatic heterocycles. The number of halogens is 1. The number of rotatable bonds is 0. The zero-order valence-corrected chi connectivity index (χ0v) is 8.76. The van der Waals surface area contributed by atoms with Crippen LogP contribution in [0.4, 0.5) is 0 Å². The smallest absolute Gasteiger partial charge is 0.134 e. The van der Waals surface area contributed by atoms with Crippen molar-refractivity contribution in [1.29, 1.82) is 0 Å². The van der Waals surface area contributed by atoms with Crippen molar-refractivity contribution in [1.82, 2.24) is 0 Å². The number of furan rings is 1. The molecule has 12 heavy (non-hydrogen) atoms. The molecule has 1 nitrogen and oxygen atoms in total. The third kappa shape index (κ3) is 1.69. The van der Waals surface area contributed by atoms with Gasteiger partial charge >= 0.3 is 0 Å². The van der Waals surface area contributed by atoms with E-state index in [0.717, 1.165) is 15.4 Å². The highest BCUT2D eigenvalue weighted by Gasteiger charge is 1.97. The summed E-state index contributed by atoms with van der Waals surface area (Å²) in [5, 5.41) is 1.13. The lowest BCUT2D eigenvalue weighted by molar-refractivity contribution is 0.616. The van der Waals surface area contributed by atoms with Crippen molar-refractivity contribution in [3.05, 3.63) is 35.0 Å². The molecule has 0 saturated carbocycles. The average molecular weight is 227 g/mol. The molecule has 0 amide bonds. The van der Waals surface area contributed by atoms with Gasteiger partial charge in [0.2, 0.25) is 0 Å². The SMILES string of the molecule is Brc1cccc2occc12.CC. The standard InChI is InChI=1S/C8H5BrO.C2H6/c9-7-2-1-3-8-6(7)4-5-10-8;1-2/h1-5H;1-2H3. The van der Waals surface area contributed by atoms with E-state index < -0.39 is 0 Å². The number of fused-ring (bicyclic) bond motifs is 1. The van der Waals surface area contributed by atoms with Gasteiger partial charge in [0.05, 0.1) is 6.26 Å². The molecule has 2 heteroatoms. The van der Waals surface area contributed by atoms with Crippen LogP contribution in [0, 0.1) is 0 Å². The van der Waals surface area contributed by atoms with Crippen LogP contribution < -0.4 is 0 Å². The van der Waals surface area contributed by atoms with Crippen LogP contribution in [0.25, 0.3) is 11.0 Å². The summed E-state index contributed by atoms with van der Waals surface area (Å²) in [7, 11) is 0. The lowest BCUT2D eigenvalue weighted by Gasteiger charge is -1.88. The van der Waals surface area contributed by atoms with Crippen molar-refractivity contribution < 1.29 is 4.42 Å². The second kappa shape index (κ2) is 4.31. The summed E-state index contributed by atoms with van der Waals surface area (Å²) < 4.78 is 6.25. The summed E-state index contributed by atoms with van der Waals surface area (Å²) >= 11 is 3.42. The van der Waals surface area contributed by atoms with E-state index in [1.165, 1.54) is 0 Å². The summed E-state index contributed by atoms with van der Waals surface area (Å²) in [6, 6.07) is 7.84. The quantitative estimate of drug-likeness (QED) is 0.656. The second-order valence-electron chi connectivity index (χ2n) is 2.07. The average Bonchev–Trinajstić information content (AvgIpc) is 2.57. The van der Waals surface area contributed by atoms with E-state index >= 15 is 0 Å². The Hall–Kier alpha value is -0.760. The minimum Gasteiger partial charge on any atom is -0.464 e. The van der Waals surface area contributed by atoms with Gasteiger partial charge in [-0.2, -0.15) is 0 Å². The van der Waals surface area contributed by atoms with Crippen molar-refractivity contribution in [3.63, 3.8) is 0 Å². The predicted molar refractivity (Wildman–Crippen MR) is 55.3 cm³/mol. The highest BCUT2D eigenvalue weighted by molar-refractivity contribution is 9.10. The molecule has 0 N–H and O–H groups in total. The zero-order chi connectivity index (χ0) is 8.97. The highest BCUT2D eigenvalue weighted by atomic mass is 79.9. The number of hydrogen-bond donors (Lipinski definition) is 0. The van der Waals surface area contributed by atoms with Crippen molar-refractivity contribution >= 4 is 26.9 Å². The summed E-state index contributed by atoms with van der Waals surface area (Å²) in [4.78, 5) is 0. The van der Waals surface area contributed by atoms with E-state index in [4.69, 9.17) is 4.42 Å². The molecule has 1 aromatic carbocycles. The summed E-state index contributed by atoms with van der Waals surface area (Å²) in [5.41, 5.74) is 0.925. The summed E-state index contributed by atoms with van der Waals surface area (Å²) in [6.45, 7) is 4.00. The van der Waals surface area contributed by atoms with E-state index in [0.29, 0.717) is 0 Å². The molecule has 0 aliphatic rings. The Balaban J connectivity index is 0.000000336. The molecule has 0 fully saturated rings. The van der Waals surface area contributed by atoms with Crippen LogP contribution in [0.1, 0.15) is 13.8 Å². The molecule has 2 rings (SSSR count). The third-order valence-corrected chi connectivity index (χ3v) is 2.13. The first kappa shape index (κ1) is 9.33. The van der Waals surface area contributed by atoms with Crippen molar-refractivity contribution in [2.45, 2.75) is 13.8 Å². The first-order valence-corrected chi connectivity index (χ1v) is 4.79. The minimum absolute atomic E-state index is 0.925. The van der Waals surface area contributed by atoms with Crippen molar-refractivity contribution in [3.8, 4) is 0 Å². The lowest BCUT2D eigenvalue weighted by atomic mass is 10.3. The molecule has 0 aliphatic carbocycles. The number of benzene rings is 1. The van der Waals surface area contributed by atoms with Crippen LogP contribution in [0.15, 0.2) is 39.4 Å². The molecule has 1 aromatic heterocycles. The Kier molecular flexibility index (Phi) is 3.35. The van der Waals surface area contributed by atoms with Gasteiger partial charge in [-0.05, 0) is 18.2 Å². The molecule has 0 unspecified atom stereocenters. The maximum atomic E-state index is 5.17. The number of hydrogen-bond acceptors (Lipinski definition) is 1. The van der Waals surface area contributed by atoms with Crippen LogP contribution >= 0.6 is 15.9 Å². The van der Waals surface area contributed by atoms with E-state index in [9.17, 15) is 0 Å². The topological polar surface area (TPSA) is 13.1 Å². The first-order chi connectivity index (χ1) is 5.88. The molecule has 0 spiro atoms. The first-order valence-electron chi connectivity index (χ1n) is 3.99. The fourth-order valence-electron chi connectivity index (χ4n) is 0.957. The molecule has 0 bridgehead atoms. The maximum Gasteiger partial charge on any atom is 0.134 e. The van der Waals surface area contributed by atoms with Crippen molar-refractivity contribution in [2.24, 2.45) is 0 Å². The Labute approximate surface area is 80.5 Å². The van der Waals surface area contributed by atoms with Gasteiger partial charge in [0.25, 0.3) is 0 Å². The monoisotopic (exact) mass is 226 g/mol. The molecule has 1 heterocycles. The van der Waals surface area contributed by atoms with Crippen LogP contribution in [0.2, 0.25) is 0 Å². The fourth-order valence-corrected chi connectivity index (χ4v) is 1.44. The second-order valence-corrected chi connectivity index (χ2v) is 2.93. The predicted octanol–water partition coefficient (Wildman–Crippen LogP) is 4.22. The van der Waals surface area contributed by atoms with E-state index in [1.54, 1.807) is 6.26 Å². The van der Waals surface area contributed by atoms with Gasteiger partial charge in [0.1, 0.15) is 5.58 Å². The minimum atomic E-state index is 0.925. The Morgan fingerprint density at radius 2 is 1.92 bits per heavy atom. The van der Waals surface area contributed by atoms with Gasteiger partial charge in [-0.3, -0.25) is 0 Å². The Morgan fingerprint density at radius 3 is 2.58 bits per heavy atom. The van der Waals surface area contributed by atoms with E-state index in [2.05, 4.69) is 15.9 Å². The fraction of sp³-hybridized carbons (Fsp3) is 0.200. The summed E-state index contributed by atoms with van der Waals surface area (Å²) in [5.74, 6) is 0. The third-order valence-electron chi connectivity index (χ3n) is 1.44. The van der Waals surface area contributed by atoms with E-state index in [-0.39, 0.29) is 0 Å². The zero-order valence-electron chi connectivity index (χ0n) is 7.17. The van der Waals surface area contributed by atoms with Gasteiger partial charge in [-0.15, -0.1) is 0 Å². The maximum absolute atomic E-state index is 5.17. The van der Waals surface area contributed by atoms with Gasteiger partial charge in [0, 0.05) is 9.86 Å². The summed E-state index contributed by atoms with van der Waals surface area (Å²) in [6.07, 6.45) is 1.69. The van der Waals surface area contributed by atoms with Crippen LogP contribution in [-0.2, 0) is 0 Å². The highest BCUT2D eigenvalue weighted by Crippen LogP contribution is 2.23. The van der Waals surface area contributed by atoms with Gasteiger partial charge in [0.15, 0.2) is 0 Å². The molecule has 0 atom stereocenters. The van der Waals surface area contributed by atoms with E-state index in [1.807, 2.05) is 38.1 Å². The molecule has 0 saturated heterocycles. The molecular weight excluding hydrogens is 216 g/mol. The Bertz CT molecular complexity index is 351. The molecule has 2 aromatic rings. The molecule has 64 valence electrons. The normalized spacial score (nSPS) is 9.25. The van der Waals surface area contributed by atoms with Crippen LogP contribution in [-0.4, -0.2) is 0 Å².